The normalized spacial score (nSPS) is 16.3. The van der Waals surface area contributed by atoms with Crippen molar-refractivity contribution in [2.45, 2.75) is 51.2 Å². The first-order valence-electron chi connectivity index (χ1n) is 9.43. The lowest BCUT2D eigenvalue weighted by Crippen LogP contribution is -2.40. The summed E-state index contributed by atoms with van der Waals surface area (Å²) in [6, 6.07) is 9.30. The van der Waals surface area contributed by atoms with Gasteiger partial charge in [0.2, 0.25) is 10.0 Å². The van der Waals surface area contributed by atoms with Crippen molar-refractivity contribution in [3.8, 4) is 5.75 Å². The van der Waals surface area contributed by atoms with Gasteiger partial charge < -0.3 is 15.4 Å². The van der Waals surface area contributed by atoms with E-state index in [2.05, 4.69) is 15.4 Å². The summed E-state index contributed by atoms with van der Waals surface area (Å²) in [4.78, 5) is 24.6. The molecule has 0 bridgehead atoms. The van der Waals surface area contributed by atoms with E-state index < -0.39 is 27.6 Å². The zero-order valence-corrected chi connectivity index (χ0v) is 18.3. The third-order valence-electron chi connectivity index (χ3n) is 4.37. The summed E-state index contributed by atoms with van der Waals surface area (Å²) in [5.74, 6) is -0.222. The van der Waals surface area contributed by atoms with Crippen molar-refractivity contribution in [2.75, 3.05) is 10.6 Å². The molecular formula is C21H25N3O5S. The molecule has 3 rings (SSSR count). The second-order valence-corrected chi connectivity index (χ2v) is 9.93. The molecule has 0 fully saturated rings. The van der Waals surface area contributed by atoms with Crippen LogP contribution in [0.3, 0.4) is 0 Å². The van der Waals surface area contributed by atoms with E-state index in [1.165, 1.54) is 12.1 Å². The van der Waals surface area contributed by atoms with Gasteiger partial charge >= 0.3 is 0 Å². The van der Waals surface area contributed by atoms with Crippen molar-refractivity contribution in [1.82, 2.24) is 4.72 Å². The summed E-state index contributed by atoms with van der Waals surface area (Å²) >= 11 is 0. The second kappa shape index (κ2) is 7.73. The lowest BCUT2D eigenvalue weighted by Gasteiger charge is -2.23. The minimum absolute atomic E-state index is 0.00765. The number of hydrogen-bond donors (Lipinski definition) is 3. The van der Waals surface area contributed by atoms with Crippen LogP contribution in [-0.4, -0.2) is 31.9 Å². The number of anilines is 2. The van der Waals surface area contributed by atoms with Crippen LogP contribution >= 0.6 is 0 Å². The minimum atomic E-state index is -3.78. The van der Waals surface area contributed by atoms with Crippen LogP contribution in [-0.2, 0) is 14.8 Å². The third-order valence-corrected chi connectivity index (χ3v) is 6.13. The van der Waals surface area contributed by atoms with Crippen LogP contribution in [0.25, 0.3) is 0 Å². The molecule has 0 unspecified atom stereocenters. The average Bonchev–Trinajstić information content (AvgIpc) is 2.61. The molecule has 8 nitrogen and oxygen atoms in total. The second-order valence-electron chi connectivity index (χ2n) is 8.25. The molecule has 0 radical (unpaired) electrons. The molecule has 3 N–H and O–H groups in total. The zero-order chi connectivity index (χ0) is 22.3. The topological polar surface area (TPSA) is 114 Å². The fourth-order valence-corrected chi connectivity index (χ4v) is 4.40. The van der Waals surface area contributed by atoms with E-state index in [1.54, 1.807) is 58.9 Å². The molecule has 1 atom stereocenters. The third kappa shape index (κ3) is 4.80. The highest BCUT2D eigenvalue weighted by Gasteiger charge is 2.25. The smallest absolute Gasteiger partial charge is 0.265 e. The lowest BCUT2D eigenvalue weighted by atomic mass is 10.1. The van der Waals surface area contributed by atoms with E-state index in [4.69, 9.17) is 4.74 Å². The summed E-state index contributed by atoms with van der Waals surface area (Å²) < 4.78 is 33.3. The van der Waals surface area contributed by atoms with Gasteiger partial charge in [-0.2, -0.15) is 0 Å². The quantitative estimate of drug-likeness (QED) is 0.689. The van der Waals surface area contributed by atoms with Gasteiger partial charge in [0.25, 0.3) is 11.8 Å². The standard InChI is InChI=1S/C21H25N3O5S/c1-12-6-8-15(30(27,28)24-21(3,4)5)11-16(12)20(26)22-14-7-9-18-17(10-14)23-19(25)13(2)29-18/h6-11,13,24H,1-5H3,(H,22,26)(H,23,25)/t13-/m1/s1. The monoisotopic (exact) mass is 431 g/mol. The van der Waals surface area contributed by atoms with Crippen molar-refractivity contribution in [2.24, 2.45) is 0 Å². The zero-order valence-electron chi connectivity index (χ0n) is 17.5. The highest BCUT2D eigenvalue weighted by Crippen LogP contribution is 2.32. The van der Waals surface area contributed by atoms with E-state index in [0.29, 0.717) is 22.7 Å². The van der Waals surface area contributed by atoms with Gasteiger partial charge in [0.05, 0.1) is 10.6 Å². The number of aryl methyl sites for hydroxylation is 1. The maximum Gasteiger partial charge on any atom is 0.265 e. The molecule has 160 valence electrons. The number of fused-ring (bicyclic) bond motifs is 1. The summed E-state index contributed by atoms with van der Waals surface area (Å²) in [6.07, 6.45) is -0.591. The number of sulfonamides is 1. The number of amides is 2. The highest BCUT2D eigenvalue weighted by molar-refractivity contribution is 7.89. The molecule has 0 saturated carbocycles. The van der Waals surface area contributed by atoms with Gasteiger partial charge in [-0.15, -0.1) is 0 Å². The first-order valence-corrected chi connectivity index (χ1v) is 10.9. The Hall–Kier alpha value is -2.91. The molecule has 1 aliphatic rings. The number of ether oxygens (including phenoxy) is 1. The summed E-state index contributed by atoms with van der Waals surface area (Å²) in [5.41, 5.74) is 1.11. The van der Waals surface area contributed by atoms with E-state index in [0.717, 1.165) is 0 Å². The molecule has 0 spiro atoms. The average molecular weight is 432 g/mol. The molecule has 2 amide bonds. The van der Waals surface area contributed by atoms with Gasteiger partial charge in [0, 0.05) is 16.8 Å². The van der Waals surface area contributed by atoms with E-state index >= 15 is 0 Å². The molecule has 0 aliphatic carbocycles. The fraction of sp³-hybridized carbons (Fsp3) is 0.333. The number of carbonyl (C=O) groups is 2. The van der Waals surface area contributed by atoms with E-state index in [-0.39, 0.29) is 16.4 Å². The van der Waals surface area contributed by atoms with Gasteiger partial charge in [-0.25, -0.2) is 13.1 Å². The van der Waals surface area contributed by atoms with Gasteiger partial charge in [-0.3, -0.25) is 9.59 Å². The van der Waals surface area contributed by atoms with Crippen molar-refractivity contribution < 1.29 is 22.7 Å². The maximum atomic E-state index is 12.8. The Bertz CT molecular complexity index is 1120. The van der Waals surface area contributed by atoms with Crippen LogP contribution in [0.15, 0.2) is 41.3 Å². The Labute approximate surface area is 176 Å². The van der Waals surface area contributed by atoms with E-state index in [9.17, 15) is 18.0 Å². The Balaban J connectivity index is 1.86. The number of nitrogens with one attached hydrogen (secondary N) is 3. The van der Waals surface area contributed by atoms with Gasteiger partial charge in [0.1, 0.15) is 5.75 Å². The maximum absolute atomic E-state index is 12.8. The number of rotatable bonds is 4. The first-order chi connectivity index (χ1) is 13.9. The van der Waals surface area contributed by atoms with Crippen LogP contribution < -0.4 is 20.1 Å². The SMILES string of the molecule is Cc1ccc(S(=O)(=O)NC(C)(C)C)cc1C(=O)Nc1ccc2c(c1)NC(=O)[C@@H](C)O2. The van der Waals surface area contributed by atoms with Gasteiger partial charge in [-0.1, -0.05) is 6.07 Å². The molecule has 0 aromatic heterocycles. The minimum Gasteiger partial charge on any atom is -0.479 e. The molecule has 1 aliphatic heterocycles. The number of hydrogen-bond acceptors (Lipinski definition) is 5. The molecule has 2 aromatic rings. The Morgan fingerprint density at radius 2 is 1.83 bits per heavy atom. The van der Waals surface area contributed by atoms with Crippen molar-refractivity contribution in [3.63, 3.8) is 0 Å². The number of carbonyl (C=O) groups excluding carboxylic acids is 2. The lowest BCUT2D eigenvalue weighted by molar-refractivity contribution is -0.122. The predicted molar refractivity (Wildman–Crippen MR) is 114 cm³/mol. The van der Waals surface area contributed by atoms with Crippen LogP contribution in [0.2, 0.25) is 0 Å². The molecule has 0 saturated heterocycles. The van der Waals surface area contributed by atoms with Crippen molar-refractivity contribution >= 4 is 33.2 Å². The van der Waals surface area contributed by atoms with Crippen molar-refractivity contribution in [1.29, 1.82) is 0 Å². The van der Waals surface area contributed by atoms with Crippen LogP contribution in [0.5, 0.6) is 5.75 Å². The predicted octanol–water partition coefficient (Wildman–Crippen LogP) is 3.04. The Morgan fingerprint density at radius 1 is 1.13 bits per heavy atom. The van der Waals surface area contributed by atoms with Crippen LogP contribution in [0, 0.1) is 6.92 Å². The van der Waals surface area contributed by atoms with Crippen LogP contribution in [0.1, 0.15) is 43.6 Å². The molecule has 30 heavy (non-hydrogen) atoms. The molecule has 2 aromatic carbocycles. The Morgan fingerprint density at radius 3 is 2.50 bits per heavy atom. The fourth-order valence-electron chi connectivity index (χ4n) is 2.96. The summed E-state index contributed by atoms with van der Waals surface area (Å²) in [6.45, 7) is 8.60. The molecular weight excluding hydrogens is 406 g/mol. The first kappa shape index (κ1) is 21.8. The summed E-state index contributed by atoms with van der Waals surface area (Å²) in [7, 11) is -3.78. The van der Waals surface area contributed by atoms with E-state index in [1.807, 2.05) is 0 Å². The number of benzene rings is 2. The van der Waals surface area contributed by atoms with Crippen molar-refractivity contribution in [3.05, 3.63) is 47.5 Å². The summed E-state index contributed by atoms with van der Waals surface area (Å²) in [5, 5.41) is 5.46. The molecule has 9 heteroatoms. The largest absolute Gasteiger partial charge is 0.479 e. The van der Waals surface area contributed by atoms with Gasteiger partial charge in [0.15, 0.2) is 6.10 Å². The van der Waals surface area contributed by atoms with Crippen LogP contribution in [0.4, 0.5) is 11.4 Å². The molecule has 1 heterocycles. The van der Waals surface area contributed by atoms with Gasteiger partial charge in [-0.05, 0) is 70.5 Å². The Kier molecular flexibility index (Phi) is 5.62. The highest BCUT2D eigenvalue weighted by atomic mass is 32.2.